The van der Waals surface area contributed by atoms with Gasteiger partial charge in [0.2, 0.25) is 0 Å². The van der Waals surface area contributed by atoms with E-state index in [1.54, 1.807) is 0 Å². The van der Waals surface area contributed by atoms with Crippen LogP contribution in [0.5, 0.6) is 0 Å². The number of nitrogens with zero attached hydrogens (tertiary/aromatic N) is 1. The fraction of sp³-hybridized carbons (Fsp3) is 1.00. The van der Waals surface area contributed by atoms with Gasteiger partial charge in [-0.3, -0.25) is 4.90 Å². The summed E-state index contributed by atoms with van der Waals surface area (Å²) < 4.78 is 10.7. The molecular weight excluding hydrogens is 216 g/mol. The van der Waals surface area contributed by atoms with Crippen LogP contribution >= 0.6 is 0 Å². The minimum Gasteiger partial charge on any atom is -0.355 e. The third-order valence-electron chi connectivity index (χ3n) is 3.80. The van der Waals surface area contributed by atoms with Gasteiger partial charge in [-0.25, -0.2) is 0 Å². The number of rotatable bonds is 5. The average Bonchev–Trinajstić information content (AvgIpc) is 2.41. The van der Waals surface area contributed by atoms with Gasteiger partial charge in [0.15, 0.2) is 0 Å². The van der Waals surface area contributed by atoms with Gasteiger partial charge in [0, 0.05) is 19.1 Å². The lowest BCUT2D eigenvalue weighted by atomic mass is 10.1. The van der Waals surface area contributed by atoms with E-state index in [-0.39, 0.29) is 0 Å². The second-order valence-electron chi connectivity index (χ2n) is 5.21. The fourth-order valence-electron chi connectivity index (χ4n) is 2.60. The molecule has 0 aliphatic carbocycles. The number of hydrogen-bond acceptors (Lipinski definition) is 4. The van der Waals surface area contributed by atoms with Gasteiger partial charge in [0.1, 0.15) is 6.79 Å². The Morgan fingerprint density at radius 2 is 2.12 bits per heavy atom. The lowest BCUT2D eigenvalue weighted by Gasteiger charge is -2.33. The van der Waals surface area contributed by atoms with E-state index in [0.29, 0.717) is 18.9 Å². The molecule has 1 N–H and O–H groups in total. The number of ether oxygens (including phenoxy) is 2. The molecule has 4 heteroatoms. The standard InChI is InChI=1S/C13H26N2O2/c1-12(15-6-3-2-4-7-15)9-14-10-13-5-8-16-11-17-13/h12-14H,2-11H2,1H3. The Hall–Kier alpha value is -0.160. The summed E-state index contributed by atoms with van der Waals surface area (Å²) in [5.41, 5.74) is 0. The van der Waals surface area contributed by atoms with E-state index in [0.717, 1.165) is 26.1 Å². The molecule has 2 fully saturated rings. The number of piperidine rings is 1. The molecule has 2 heterocycles. The van der Waals surface area contributed by atoms with Crippen molar-refractivity contribution in [1.29, 1.82) is 0 Å². The first kappa shape index (κ1) is 13.3. The number of likely N-dealkylation sites (tertiary alicyclic amines) is 1. The summed E-state index contributed by atoms with van der Waals surface area (Å²) in [5.74, 6) is 0. The molecule has 0 aromatic heterocycles. The maximum atomic E-state index is 5.51. The van der Waals surface area contributed by atoms with Gasteiger partial charge < -0.3 is 14.8 Å². The predicted octanol–water partition coefficient (Wildman–Crippen LogP) is 1.21. The molecule has 0 spiro atoms. The molecule has 0 aromatic carbocycles. The van der Waals surface area contributed by atoms with Crippen molar-refractivity contribution in [3.8, 4) is 0 Å². The Balaban J connectivity index is 1.57. The Labute approximate surface area is 105 Å². The average molecular weight is 242 g/mol. The minimum absolute atomic E-state index is 0.345. The van der Waals surface area contributed by atoms with Crippen LogP contribution in [-0.2, 0) is 9.47 Å². The zero-order valence-corrected chi connectivity index (χ0v) is 11.0. The third kappa shape index (κ3) is 4.54. The maximum absolute atomic E-state index is 5.51. The van der Waals surface area contributed by atoms with Crippen molar-refractivity contribution in [1.82, 2.24) is 10.2 Å². The molecule has 2 saturated heterocycles. The topological polar surface area (TPSA) is 33.7 Å². The summed E-state index contributed by atoms with van der Waals surface area (Å²) in [5, 5.41) is 3.53. The van der Waals surface area contributed by atoms with Crippen molar-refractivity contribution in [3.63, 3.8) is 0 Å². The van der Waals surface area contributed by atoms with Gasteiger partial charge >= 0.3 is 0 Å². The lowest BCUT2D eigenvalue weighted by Crippen LogP contribution is -2.45. The molecule has 2 aliphatic rings. The molecule has 2 aliphatic heterocycles. The van der Waals surface area contributed by atoms with Gasteiger partial charge in [-0.15, -0.1) is 0 Å². The molecular formula is C13H26N2O2. The summed E-state index contributed by atoms with van der Waals surface area (Å²) >= 11 is 0. The highest BCUT2D eigenvalue weighted by Crippen LogP contribution is 2.11. The Bertz CT molecular complexity index is 202. The zero-order valence-electron chi connectivity index (χ0n) is 11.0. The van der Waals surface area contributed by atoms with E-state index in [9.17, 15) is 0 Å². The molecule has 0 amide bonds. The van der Waals surface area contributed by atoms with Gasteiger partial charge in [-0.1, -0.05) is 6.42 Å². The van der Waals surface area contributed by atoms with Crippen molar-refractivity contribution < 1.29 is 9.47 Å². The van der Waals surface area contributed by atoms with Crippen LogP contribution in [0, 0.1) is 0 Å². The second-order valence-corrected chi connectivity index (χ2v) is 5.21. The summed E-state index contributed by atoms with van der Waals surface area (Å²) in [6.45, 7) is 8.21. The highest BCUT2D eigenvalue weighted by molar-refractivity contribution is 4.74. The summed E-state index contributed by atoms with van der Waals surface area (Å²) in [4.78, 5) is 2.60. The van der Waals surface area contributed by atoms with Crippen LogP contribution in [0.4, 0.5) is 0 Å². The molecule has 0 aromatic rings. The summed E-state index contributed by atoms with van der Waals surface area (Å²) in [6, 6.07) is 0.648. The van der Waals surface area contributed by atoms with Crippen LogP contribution in [0.3, 0.4) is 0 Å². The van der Waals surface area contributed by atoms with Crippen LogP contribution in [0.1, 0.15) is 32.6 Å². The summed E-state index contributed by atoms with van der Waals surface area (Å²) in [6.07, 6.45) is 5.51. The van der Waals surface area contributed by atoms with E-state index in [1.165, 1.54) is 32.4 Å². The highest BCUT2D eigenvalue weighted by Gasteiger charge is 2.17. The van der Waals surface area contributed by atoms with Crippen LogP contribution in [0.2, 0.25) is 0 Å². The van der Waals surface area contributed by atoms with Crippen molar-refractivity contribution in [3.05, 3.63) is 0 Å². The van der Waals surface area contributed by atoms with Crippen molar-refractivity contribution in [2.45, 2.75) is 44.8 Å². The Morgan fingerprint density at radius 1 is 1.29 bits per heavy atom. The molecule has 2 atom stereocenters. The lowest BCUT2D eigenvalue weighted by molar-refractivity contribution is -0.137. The number of hydrogen-bond donors (Lipinski definition) is 1. The van der Waals surface area contributed by atoms with E-state index in [1.807, 2.05) is 0 Å². The van der Waals surface area contributed by atoms with Gasteiger partial charge in [-0.05, 0) is 39.3 Å². The Kier molecular flexibility index (Phi) is 5.71. The molecule has 0 saturated carbocycles. The van der Waals surface area contributed by atoms with Crippen molar-refractivity contribution in [2.75, 3.05) is 39.6 Å². The van der Waals surface area contributed by atoms with Crippen LogP contribution < -0.4 is 5.32 Å². The van der Waals surface area contributed by atoms with Gasteiger partial charge in [0.05, 0.1) is 12.7 Å². The normalized spacial score (nSPS) is 29.1. The van der Waals surface area contributed by atoms with E-state index in [4.69, 9.17) is 9.47 Å². The van der Waals surface area contributed by atoms with Crippen LogP contribution in [0.25, 0.3) is 0 Å². The van der Waals surface area contributed by atoms with Crippen LogP contribution in [0.15, 0.2) is 0 Å². The quantitative estimate of drug-likeness (QED) is 0.786. The van der Waals surface area contributed by atoms with Crippen molar-refractivity contribution in [2.24, 2.45) is 0 Å². The van der Waals surface area contributed by atoms with E-state index >= 15 is 0 Å². The van der Waals surface area contributed by atoms with Gasteiger partial charge in [0.25, 0.3) is 0 Å². The largest absolute Gasteiger partial charge is 0.355 e. The first-order valence-electron chi connectivity index (χ1n) is 7.00. The van der Waals surface area contributed by atoms with E-state index in [2.05, 4.69) is 17.1 Å². The fourth-order valence-corrected chi connectivity index (χ4v) is 2.60. The second kappa shape index (κ2) is 7.31. The smallest absolute Gasteiger partial charge is 0.147 e. The molecule has 17 heavy (non-hydrogen) atoms. The molecule has 2 unspecified atom stereocenters. The molecule has 0 bridgehead atoms. The summed E-state index contributed by atoms with van der Waals surface area (Å²) in [7, 11) is 0. The molecule has 100 valence electrons. The highest BCUT2D eigenvalue weighted by atomic mass is 16.7. The molecule has 0 radical (unpaired) electrons. The van der Waals surface area contributed by atoms with Gasteiger partial charge in [-0.2, -0.15) is 0 Å². The minimum atomic E-state index is 0.345. The maximum Gasteiger partial charge on any atom is 0.147 e. The SMILES string of the molecule is CC(CNCC1CCOCO1)N1CCCCC1. The predicted molar refractivity (Wildman–Crippen MR) is 68.1 cm³/mol. The third-order valence-corrected chi connectivity index (χ3v) is 3.80. The van der Waals surface area contributed by atoms with Crippen molar-refractivity contribution >= 4 is 0 Å². The van der Waals surface area contributed by atoms with Crippen LogP contribution in [-0.4, -0.2) is 56.6 Å². The zero-order chi connectivity index (χ0) is 11.9. The Morgan fingerprint density at radius 3 is 2.82 bits per heavy atom. The molecule has 4 nitrogen and oxygen atoms in total. The van der Waals surface area contributed by atoms with E-state index < -0.39 is 0 Å². The first-order valence-corrected chi connectivity index (χ1v) is 7.00. The number of nitrogens with one attached hydrogen (secondary N) is 1. The first-order chi connectivity index (χ1) is 8.36. The monoisotopic (exact) mass is 242 g/mol. The molecule has 2 rings (SSSR count).